The van der Waals surface area contributed by atoms with Crippen LogP contribution >= 0.6 is 7.37 Å². The van der Waals surface area contributed by atoms with E-state index in [-0.39, 0.29) is 6.61 Å². The summed E-state index contributed by atoms with van der Waals surface area (Å²) in [5.74, 6) is -1.66. The van der Waals surface area contributed by atoms with Crippen LogP contribution in [0.2, 0.25) is 0 Å². The van der Waals surface area contributed by atoms with Gasteiger partial charge in [-0.15, -0.1) is 0 Å². The molecule has 0 aliphatic heterocycles. The molecule has 46 heavy (non-hydrogen) atoms. The van der Waals surface area contributed by atoms with E-state index in [9.17, 15) is 4.79 Å². The van der Waals surface area contributed by atoms with E-state index in [1.165, 1.54) is 7.11 Å². The van der Waals surface area contributed by atoms with Crippen molar-refractivity contribution in [1.29, 1.82) is 0 Å². The second-order valence-corrected chi connectivity index (χ2v) is 13.9. The van der Waals surface area contributed by atoms with Gasteiger partial charge in [-0.1, -0.05) is 165 Å². The summed E-state index contributed by atoms with van der Waals surface area (Å²) in [6.07, 6.45) is 0.564. The lowest BCUT2D eigenvalue weighted by Gasteiger charge is -2.43. The van der Waals surface area contributed by atoms with Crippen LogP contribution in [0.15, 0.2) is 152 Å². The van der Waals surface area contributed by atoms with Gasteiger partial charge in [0.2, 0.25) is 7.37 Å². The molecule has 0 heterocycles. The highest BCUT2D eigenvalue weighted by atomic mass is 31.2. The molecule has 5 aromatic carbocycles. The lowest BCUT2D eigenvalue weighted by atomic mass is 9.77. The predicted molar refractivity (Wildman–Crippen MR) is 185 cm³/mol. The summed E-state index contributed by atoms with van der Waals surface area (Å²) >= 11 is 0. The van der Waals surface area contributed by atoms with Gasteiger partial charge in [0.05, 0.1) is 11.3 Å². The van der Waals surface area contributed by atoms with Gasteiger partial charge in [-0.25, -0.2) is 4.79 Å². The van der Waals surface area contributed by atoms with Gasteiger partial charge in [-0.2, -0.15) is 0 Å². The molecule has 2 N–H and O–H groups in total. The molecule has 3 unspecified atom stereocenters. The number of rotatable bonds is 14. The molecule has 0 saturated carbocycles. The number of nitrogens with one attached hydrogen (secondary N) is 2. The molecule has 0 fully saturated rings. The van der Waals surface area contributed by atoms with Gasteiger partial charge in [0.15, 0.2) is 0 Å². The number of carbonyl (C=O) groups excluding carboxylic acids is 1. The normalized spacial score (nSPS) is 14.0. The predicted octanol–water partition coefficient (Wildman–Crippen LogP) is 9.24. The van der Waals surface area contributed by atoms with E-state index in [0.717, 1.165) is 28.7 Å². The summed E-state index contributed by atoms with van der Waals surface area (Å²) in [4.78, 5) is 13.4. The van der Waals surface area contributed by atoms with Crippen LogP contribution in [0.5, 0.6) is 0 Å². The van der Waals surface area contributed by atoms with Crippen molar-refractivity contribution in [2.45, 2.75) is 43.5 Å². The molecule has 5 rings (SSSR count). The lowest BCUT2D eigenvalue weighted by Crippen LogP contribution is -2.50. The second-order valence-electron chi connectivity index (χ2n) is 11.1. The number of benzene rings is 5. The quantitative estimate of drug-likeness (QED) is 0.0943. The molecular weight excluding hydrogens is 591 g/mol. The van der Waals surface area contributed by atoms with Crippen molar-refractivity contribution in [1.82, 2.24) is 10.6 Å². The first kappa shape index (κ1) is 32.9. The highest BCUT2D eigenvalue weighted by molar-refractivity contribution is 7.60. The summed E-state index contributed by atoms with van der Waals surface area (Å²) in [5.41, 5.74) is 3.59. The Morgan fingerprint density at radius 2 is 1.13 bits per heavy atom. The molecule has 236 valence electrons. The molecule has 1 amide bonds. The van der Waals surface area contributed by atoms with E-state index in [1.54, 1.807) is 0 Å². The van der Waals surface area contributed by atoms with Gasteiger partial charge < -0.3 is 14.6 Å². The molecule has 0 aliphatic rings. The number of alkyl carbamates (subject to hydrolysis) is 1. The van der Waals surface area contributed by atoms with E-state index < -0.39 is 30.6 Å². The van der Waals surface area contributed by atoms with E-state index >= 15 is 4.57 Å². The summed E-state index contributed by atoms with van der Waals surface area (Å²) in [7, 11) is -2.32. The fraction of sp³-hybridized carbons (Fsp3) is 0.205. The Morgan fingerprint density at radius 3 is 1.57 bits per heavy atom. The molecule has 0 saturated heterocycles. The zero-order valence-corrected chi connectivity index (χ0v) is 27.2. The van der Waals surface area contributed by atoms with Crippen molar-refractivity contribution in [2.24, 2.45) is 0 Å². The van der Waals surface area contributed by atoms with Gasteiger partial charge in [-0.05, 0) is 34.2 Å². The molecule has 7 heteroatoms. The highest BCUT2D eigenvalue weighted by Crippen LogP contribution is 2.63. The van der Waals surface area contributed by atoms with Crippen molar-refractivity contribution < 1.29 is 18.6 Å². The van der Waals surface area contributed by atoms with Crippen LogP contribution < -0.4 is 10.6 Å². The maximum absolute atomic E-state index is 15.6. The van der Waals surface area contributed by atoms with Crippen LogP contribution in [-0.2, 0) is 26.0 Å². The van der Waals surface area contributed by atoms with Crippen LogP contribution in [0.25, 0.3) is 0 Å². The molecule has 0 spiro atoms. The van der Waals surface area contributed by atoms with Crippen LogP contribution in [0, 0.1) is 0 Å². The molecule has 0 aromatic heterocycles. The van der Waals surface area contributed by atoms with Crippen molar-refractivity contribution >= 4 is 13.5 Å². The number of hydrogen-bond acceptors (Lipinski definition) is 5. The van der Waals surface area contributed by atoms with Crippen molar-refractivity contribution in [3.05, 3.63) is 179 Å². The third-order valence-corrected chi connectivity index (χ3v) is 11.2. The topological polar surface area (TPSA) is 76.7 Å². The minimum atomic E-state index is -3.79. The number of amides is 1. The maximum atomic E-state index is 15.6. The fourth-order valence-corrected chi connectivity index (χ4v) is 8.68. The van der Waals surface area contributed by atoms with Crippen LogP contribution in [0.1, 0.15) is 53.4 Å². The Labute approximate surface area is 272 Å². The minimum Gasteiger partial charge on any atom is -0.445 e. The van der Waals surface area contributed by atoms with Crippen LogP contribution in [0.3, 0.4) is 0 Å². The Kier molecular flexibility index (Phi) is 11.2. The number of ether oxygens (including phenoxy) is 1. The van der Waals surface area contributed by atoms with Gasteiger partial charge in [0.25, 0.3) is 0 Å². The zero-order valence-electron chi connectivity index (χ0n) is 26.3. The minimum absolute atomic E-state index is 0.0846. The molecule has 5 aromatic rings. The van der Waals surface area contributed by atoms with Crippen molar-refractivity contribution in [2.75, 3.05) is 7.11 Å². The van der Waals surface area contributed by atoms with Crippen LogP contribution in [-0.4, -0.2) is 19.0 Å². The Bertz CT molecular complexity index is 1590. The molecule has 3 atom stereocenters. The fourth-order valence-electron chi connectivity index (χ4n) is 5.99. The lowest BCUT2D eigenvalue weighted by molar-refractivity contribution is 0.137. The molecule has 6 nitrogen and oxygen atoms in total. The summed E-state index contributed by atoms with van der Waals surface area (Å²) in [6.45, 7) is 2.14. The average Bonchev–Trinajstić information content (AvgIpc) is 3.13. The summed E-state index contributed by atoms with van der Waals surface area (Å²) in [5, 5.41) is 6.86. The van der Waals surface area contributed by atoms with E-state index in [0.29, 0.717) is 12.0 Å². The Hall–Kier alpha value is -4.48. The van der Waals surface area contributed by atoms with Gasteiger partial charge in [0, 0.05) is 7.11 Å². The first-order valence-corrected chi connectivity index (χ1v) is 17.4. The van der Waals surface area contributed by atoms with Gasteiger partial charge in [-0.3, -0.25) is 9.88 Å². The number of hydrogen-bond donors (Lipinski definition) is 2. The highest BCUT2D eigenvalue weighted by Gasteiger charge is 2.48. The SMILES string of the molecule is CCCC(NC(c1ccccc1)(c1ccccc1)c1ccccc1)P(=O)(OC)C(NC(=O)OCc1ccccc1)c1ccccc1. The van der Waals surface area contributed by atoms with Crippen molar-refractivity contribution in [3.8, 4) is 0 Å². The number of carbonyl (C=O) groups is 1. The second kappa shape index (κ2) is 15.7. The molecule has 0 radical (unpaired) electrons. The largest absolute Gasteiger partial charge is 0.445 e. The zero-order chi connectivity index (χ0) is 32.2. The van der Waals surface area contributed by atoms with Gasteiger partial charge in [0.1, 0.15) is 12.4 Å². The van der Waals surface area contributed by atoms with Gasteiger partial charge >= 0.3 is 6.09 Å². The molecule has 0 aliphatic carbocycles. The van der Waals surface area contributed by atoms with Crippen molar-refractivity contribution in [3.63, 3.8) is 0 Å². The van der Waals surface area contributed by atoms with E-state index in [4.69, 9.17) is 9.26 Å². The smallest absolute Gasteiger partial charge is 0.408 e. The first-order valence-electron chi connectivity index (χ1n) is 15.6. The maximum Gasteiger partial charge on any atom is 0.408 e. The van der Waals surface area contributed by atoms with E-state index in [1.807, 2.05) is 115 Å². The first-order chi connectivity index (χ1) is 22.5. The molecule has 0 bridgehead atoms. The Balaban J connectivity index is 1.61. The molecular formula is C39H41N2O4P. The Morgan fingerprint density at radius 1 is 0.696 bits per heavy atom. The van der Waals surface area contributed by atoms with Crippen LogP contribution in [0.4, 0.5) is 4.79 Å². The van der Waals surface area contributed by atoms with E-state index in [2.05, 4.69) is 54.0 Å². The third kappa shape index (κ3) is 7.32. The summed E-state index contributed by atoms with van der Waals surface area (Å²) < 4.78 is 27.3. The third-order valence-electron chi connectivity index (χ3n) is 8.23. The standard InChI is InChI=1S/C39H41N2O4P/c1-3-19-36(41-39(33-24-13-6-14-25-33,34-26-15-7-16-27-34)35-28-17-8-18-29-35)46(43,44-2)37(32-22-11-5-12-23-32)40-38(42)45-30-31-20-9-4-10-21-31/h4-18,20-29,36-37,41H,3,19,30H2,1-2H3,(H,40,42). The monoisotopic (exact) mass is 632 g/mol. The average molecular weight is 633 g/mol. The summed E-state index contributed by atoms with van der Waals surface area (Å²) in [6, 6.07) is 49.4.